The Balaban J connectivity index is 2.42. The maximum absolute atomic E-state index is 12.4. The normalized spacial score (nSPS) is 12.4. The molecule has 17 heavy (non-hydrogen) atoms. The van der Waals surface area contributed by atoms with Crippen LogP contribution in [0.3, 0.4) is 0 Å². The molecule has 0 fully saturated rings. The van der Waals surface area contributed by atoms with Gasteiger partial charge in [-0.2, -0.15) is 0 Å². The molecule has 0 amide bonds. The molecule has 98 valence electrons. The fourth-order valence-electron chi connectivity index (χ4n) is 1.15. The van der Waals surface area contributed by atoms with E-state index in [4.69, 9.17) is 4.74 Å². The smallest absolute Gasteiger partial charge is 0.281 e. The zero-order valence-electron chi connectivity index (χ0n) is 10.2. The molecule has 0 atom stereocenters. The van der Waals surface area contributed by atoms with Crippen LogP contribution in [0.2, 0.25) is 25.7 Å². The third-order valence-corrected chi connectivity index (χ3v) is 4.53. The number of hydrogen-bond donors (Lipinski definition) is 0. The second-order valence-corrected chi connectivity index (χ2v) is 11.4. The molecule has 1 aromatic heterocycles. The second kappa shape index (κ2) is 6.06. The first-order valence-corrected chi connectivity index (χ1v) is 9.88. The summed E-state index contributed by atoms with van der Waals surface area (Å²) in [7, 11) is -1.10. The Kier molecular flexibility index (Phi) is 5.27. The minimum absolute atomic E-state index is 0.231. The van der Waals surface area contributed by atoms with E-state index in [0.717, 1.165) is 6.04 Å². The third-order valence-electron chi connectivity index (χ3n) is 2.20. The van der Waals surface area contributed by atoms with E-state index in [9.17, 15) is 8.78 Å². The summed E-state index contributed by atoms with van der Waals surface area (Å²) in [4.78, 5) is 3.70. The largest absolute Gasteiger partial charge is 0.361 e. The number of imidazole rings is 1. The maximum atomic E-state index is 12.4. The van der Waals surface area contributed by atoms with Gasteiger partial charge < -0.3 is 9.30 Å². The van der Waals surface area contributed by atoms with E-state index in [2.05, 4.69) is 40.6 Å². The average molecular weight is 327 g/mol. The fourth-order valence-corrected chi connectivity index (χ4v) is 2.32. The highest BCUT2D eigenvalue weighted by molar-refractivity contribution is 9.10. The molecule has 0 spiro atoms. The summed E-state index contributed by atoms with van der Waals surface area (Å²) < 4.78 is 32.1. The van der Waals surface area contributed by atoms with Crippen molar-refractivity contribution in [1.29, 1.82) is 0 Å². The number of rotatable bonds is 6. The number of ether oxygens (including phenoxy) is 1. The Labute approximate surface area is 109 Å². The maximum Gasteiger partial charge on any atom is 0.281 e. The highest BCUT2D eigenvalue weighted by Crippen LogP contribution is 2.20. The topological polar surface area (TPSA) is 27.1 Å². The summed E-state index contributed by atoms with van der Waals surface area (Å²) in [6, 6.07) is 1.06. The van der Waals surface area contributed by atoms with Crippen LogP contribution in [-0.4, -0.2) is 24.2 Å². The summed E-state index contributed by atoms with van der Waals surface area (Å²) in [6.07, 6.45) is -1.24. The van der Waals surface area contributed by atoms with Gasteiger partial charge >= 0.3 is 0 Å². The molecule has 7 heteroatoms. The monoisotopic (exact) mass is 326 g/mol. The molecule has 0 radical (unpaired) electrons. The molecule has 0 aliphatic carbocycles. The average Bonchev–Trinajstić information content (AvgIpc) is 2.54. The van der Waals surface area contributed by atoms with E-state index >= 15 is 0 Å². The number of hydrogen-bond acceptors (Lipinski definition) is 2. The van der Waals surface area contributed by atoms with Crippen molar-refractivity contribution in [3.63, 3.8) is 0 Å². The Bertz CT molecular complexity index is 366. The number of halogens is 3. The molecule has 1 aromatic rings. The molecule has 0 aliphatic heterocycles. The molecule has 0 unspecified atom stereocenters. The van der Waals surface area contributed by atoms with Crippen molar-refractivity contribution in [3.05, 3.63) is 16.6 Å². The van der Waals surface area contributed by atoms with Crippen LogP contribution >= 0.6 is 15.9 Å². The molecule has 3 nitrogen and oxygen atoms in total. The van der Waals surface area contributed by atoms with Crippen molar-refractivity contribution in [3.8, 4) is 0 Å². The minimum atomic E-state index is -2.55. The lowest BCUT2D eigenvalue weighted by Crippen LogP contribution is -2.22. The van der Waals surface area contributed by atoms with Gasteiger partial charge in [-0.25, -0.2) is 13.8 Å². The van der Waals surface area contributed by atoms with Crippen molar-refractivity contribution in [2.24, 2.45) is 0 Å². The Morgan fingerprint density at radius 1 is 1.47 bits per heavy atom. The highest BCUT2D eigenvalue weighted by Gasteiger charge is 2.15. The van der Waals surface area contributed by atoms with Crippen molar-refractivity contribution in [1.82, 2.24) is 9.55 Å². The summed E-state index contributed by atoms with van der Waals surface area (Å²) in [5.74, 6) is 0. The number of alkyl halides is 2. The van der Waals surface area contributed by atoms with Crippen LogP contribution in [0, 0.1) is 0 Å². The lowest BCUT2D eigenvalue weighted by molar-refractivity contribution is 0.0852. The molecule has 0 bridgehead atoms. The standard InChI is InChI=1S/C10H17BrF2N2OSi/c1-17(2,3)5-4-16-7-15-6-8(9(12)13)14-10(15)11/h6,9H,4-5,7H2,1-3H3. The van der Waals surface area contributed by atoms with Gasteiger partial charge in [0.25, 0.3) is 6.43 Å². The first-order valence-electron chi connectivity index (χ1n) is 5.38. The van der Waals surface area contributed by atoms with E-state index in [1.54, 1.807) is 0 Å². The molecule has 0 saturated heterocycles. The lowest BCUT2D eigenvalue weighted by atomic mass is 10.5. The molecule has 0 aliphatic rings. The van der Waals surface area contributed by atoms with E-state index in [1.165, 1.54) is 10.8 Å². The van der Waals surface area contributed by atoms with Gasteiger partial charge in [-0.05, 0) is 22.0 Å². The molecule has 1 rings (SSSR count). The molecular formula is C10H17BrF2N2OSi. The van der Waals surface area contributed by atoms with E-state index in [1.807, 2.05) is 0 Å². The zero-order valence-corrected chi connectivity index (χ0v) is 12.8. The van der Waals surface area contributed by atoms with Gasteiger partial charge in [0, 0.05) is 20.9 Å². The van der Waals surface area contributed by atoms with Gasteiger partial charge in [0.2, 0.25) is 0 Å². The summed E-state index contributed by atoms with van der Waals surface area (Å²) in [5.41, 5.74) is -0.231. The second-order valence-electron chi connectivity index (χ2n) is 5.05. The summed E-state index contributed by atoms with van der Waals surface area (Å²) in [6.45, 7) is 7.70. The minimum Gasteiger partial charge on any atom is -0.361 e. The van der Waals surface area contributed by atoms with Crippen molar-refractivity contribution >= 4 is 24.0 Å². The SMILES string of the molecule is C[Si](C)(C)CCOCn1cc(C(F)F)nc1Br. The first kappa shape index (κ1) is 14.8. The number of aromatic nitrogens is 2. The summed E-state index contributed by atoms with van der Waals surface area (Å²) in [5, 5.41) is 0. The van der Waals surface area contributed by atoms with Crippen LogP contribution in [0.1, 0.15) is 12.1 Å². The molecule has 0 aromatic carbocycles. The van der Waals surface area contributed by atoms with Crippen LogP contribution in [-0.2, 0) is 11.5 Å². The molecule has 0 saturated carbocycles. The Morgan fingerprint density at radius 2 is 2.12 bits per heavy atom. The van der Waals surface area contributed by atoms with E-state index in [-0.39, 0.29) is 12.4 Å². The van der Waals surface area contributed by atoms with Gasteiger partial charge in [0.05, 0.1) is 0 Å². The lowest BCUT2D eigenvalue weighted by Gasteiger charge is -2.15. The van der Waals surface area contributed by atoms with Gasteiger partial charge in [-0.15, -0.1) is 0 Å². The Morgan fingerprint density at radius 3 is 2.59 bits per heavy atom. The van der Waals surface area contributed by atoms with E-state index in [0.29, 0.717) is 11.3 Å². The zero-order chi connectivity index (χ0) is 13.1. The van der Waals surface area contributed by atoms with E-state index < -0.39 is 14.5 Å². The van der Waals surface area contributed by atoms with Crippen molar-refractivity contribution in [2.45, 2.75) is 38.8 Å². The van der Waals surface area contributed by atoms with Gasteiger partial charge in [-0.3, -0.25) is 0 Å². The Hall–Kier alpha value is -0.273. The molecular weight excluding hydrogens is 310 g/mol. The van der Waals surface area contributed by atoms with Crippen LogP contribution in [0.25, 0.3) is 0 Å². The predicted molar refractivity (Wildman–Crippen MR) is 69.0 cm³/mol. The van der Waals surface area contributed by atoms with Crippen LogP contribution in [0.5, 0.6) is 0 Å². The van der Waals surface area contributed by atoms with Crippen LogP contribution < -0.4 is 0 Å². The van der Waals surface area contributed by atoms with Gasteiger partial charge in [0.15, 0.2) is 4.73 Å². The number of nitrogens with zero attached hydrogens (tertiary/aromatic N) is 2. The van der Waals surface area contributed by atoms with Crippen LogP contribution in [0.4, 0.5) is 8.78 Å². The van der Waals surface area contributed by atoms with Gasteiger partial charge in [0.1, 0.15) is 12.4 Å². The predicted octanol–water partition coefficient (Wildman–Crippen LogP) is 3.90. The van der Waals surface area contributed by atoms with Gasteiger partial charge in [-0.1, -0.05) is 19.6 Å². The molecule has 0 N–H and O–H groups in total. The van der Waals surface area contributed by atoms with Crippen molar-refractivity contribution < 1.29 is 13.5 Å². The third kappa shape index (κ3) is 5.26. The van der Waals surface area contributed by atoms with Crippen molar-refractivity contribution in [2.75, 3.05) is 6.61 Å². The quantitative estimate of drug-likeness (QED) is 0.585. The fraction of sp³-hybridized carbons (Fsp3) is 0.700. The summed E-state index contributed by atoms with van der Waals surface area (Å²) >= 11 is 3.12. The molecule has 1 heterocycles. The van der Waals surface area contributed by atoms with Crippen LogP contribution in [0.15, 0.2) is 10.9 Å². The highest BCUT2D eigenvalue weighted by atomic mass is 79.9. The first-order chi connectivity index (χ1) is 7.79.